The fourth-order valence-electron chi connectivity index (χ4n) is 3.70. The molecule has 5 aromatic rings. The molecule has 0 saturated heterocycles. The Morgan fingerprint density at radius 3 is 2.48 bits per heavy atom. The van der Waals surface area contributed by atoms with Crippen LogP contribution >= 0.6 is 15.9 Å². The highest BCUT2D eigenvalue weighted by Gasteiger charge is 2.24. The molecule has 0 radical (unpaired) electrons. The number of nitrogens with two attached hydrogens (primary N) is 1. The van der Waals surface area contributed by atoms with Crippen LogP contribution in [-0.4, -0.2) is 24.5 Å². The smallest absolute Gasteiger partial charge is 0.259 e. The minimum absolute atomic E-state index is 0.104. The molecule has 5 rings (SSSR count). The number of H-pyrrole nitrogens is 1. The Morgan fingerprint density at radius 1 is 1.03 bits per heavy atom. The highest BCUT2D eigenvalue weighted by Crippen LogP contribution is 2.34. The van der Waals surface area contributed by atoms with Crippen LogP contribution in [0.1, 0.15) is 17.0 Å². The average molecular weight is 497 g/mol. The minimum atomic E-state index is -0.346. The summed E-state index contributed by atoms with van der Waals surface area (Å²) in [5.74, 6) is 0.458. The Morgan fingerprint density at radius 2 is 1.76 bits per heavy atom. The molecule has 33 heavy (non-hydrogen) atoms. The second kappa shape index (κ2) is 7.86. The number of aromatic nitrogens is 5. The second-order valence-electron chi connectivity index (χ2n) is 7.22. The van der Waals surface area contributed by atoms with Crippen LogP contribution in [-0.2, 0) is 6.54 Å². The monoisotopic (exact) mass is 496 g/mol. The molecule has 0 spiro atoms. The van der Waals surface area contributed by atoms with E-state index in [2.05, 4.69) is 35.9 Å². The molecule has 3 aromatic heterocycles. The first-order valence-corrected chi connectivity index (χ1v) is 10.5. The van der Waals surface area contributed by atoms with Crippen LogP contribution in [0.25, 0.3) is 33.5 Å². The average Bonchev–Trinajstić information content (AvgIpc) is 3.09. The predicted molar refractivity (Wildman–Crippen MR) is 126 cm³/mol. The van der Waals surface area contributed by atoms with Gasteiger partial charge in [0.25, 0.3) is 5.56 Å². The number of anilines is 1. The lowest BCUT2D eigenvalue weighted by Gasteiger charge is -2.08. The molecule has 0 amide bonds. The molecule has 0 fully saturated rings. The molecule has 3 heterocycles. The van der Waals surface area contributed by atoms with Crippen molar-refractivity contribution in [2.75, 3.05) is 5.73 Å². The largest absolute Gasteiger partial charge is 0.384 e. The number of aromatic amines is 1. The summed E-state index contributed by atoms with van der Waals surface area (Å²) in [6.07, 6.45) is 0. The van der Waals surface area contributed by atoms with Gasteiger partial charge in [0.05, 0.1) is 23.0 Å². The van der Waals surface area contributed by atoms with E-state index in [-0.39, 0.29) is 34.1 Å². The predicted octanol–water partition coefficient (Wildman–Crippen LogP) is 3.47. The highest BCUT2D eigenvalue weighted by molar-refractivity contribution is 9.10. The van der Waals surface area contributed by atoms with E-state index in [1.807, 2.05) is 42.5 Å². The number of nitrogens with one attached hydrogen (secondary N) is 1. The lowest BCUT2D eigenvalue weighted by atomic mass is 10.2. The SMILES string of the molecule is N#Cc1nc2c(-c3nc4ccc(Br)cc4c(=O)[nH]3)c(N)n(Cc3ccccc3)c2nc1C#N. The van der Waals surface area contributed by atoms with E-state index < -0.39 is 0 Å². The van der Waals surface area contributed by atoms with Gasteiger partial charge in [-0.3, -0.25) is 4.79 Å². The molecule has 10 heteroatoms. The van der Waals surface area contributed by atoms with Crippen LogP contribution in [0.5, 0.6) is 0 Å². The summed E-state index contributed by atoms with van der Waals surface area (Å²) < 4.78 is 2.45. The molecular formula is C23H13BrN8O. The molecule has 0 aliphatic carbocycles. The summed E-state index contributed by atoms with van der Waals surface area (Å²) >= 11 is 3.36. The summed E-state index contributed by atoms with van der Waals surface area (Å²) in [4.78, 5) is 28.9. The van der Waals surface area contributed by atoms with Gasteiger partial charge in [-0.2, -0.15) is 10.5 Å². The van der Waals surface area contributed by atoms with E-state index in [0.29, 0.717) is 28.7 Å². The first kappa shape index (κ1) is 20.4. The second-order valence-corrected chi connectivity index (χ2v) is 8.14. The van der Waals surface area contributed by atoms with Gasteiger partial charge in [0.15, 0.2) is 17.0 Å². The number of nitrogens with zero attached hydrogens (tertiary/aromatic N) is 6. The number of nitriles is 2. The van der Waals surface area contributed by atoms with Crippen LogP contribution in [0.15, 0.2) is 57.8 Å². The van der Waals surface area contributed by atoms with Gasteiger partial charge in [-0.15, -0.1) is 0 Å². The first-order chi connectivity index (χ1) is 16.0. The van der Waals surface area contributed by atoms with E-state index in [4.69, 9.17) is 5.73 Å². The summed E-state index contributed by atoms with van der Waals surface area (Å²) in [7, 11) is 0. The van der Waals surface area contributed by atoms with Crippen molar-refractivity contribution in [1.82, 2.24) is 24.5 Å². The van der Waals surface area contributed by atoms with Gasteiger partial charge in [-0.05, 0) is 23.8 Å². The zero-order valence-electron chi connectivity index (χ0n) is 16.9. The molecule has 0 bridgehead atoms. The summed E-state index contributed by atoms with van der Waals surface area (Å²) in [5, 5.41) is 19.3. The molecule has 0 aliphatic heterocycles. The number of halogens is 1. The molecule has 158 valence electrons. The van der Waals surface area contributed by atoms with Crippen molar-refractivity contribution in [2.24, 2.45) is 0 Å². The van der Waals surface area contributed by atoms with Crippen molar-refractivity contribution in [2.45, 2.75) is 6.54 Å². The Balaban J connectivity index is 1.84. The quantitative estimate of drug-likeness (QED) is 0.387. The van der Waals surface area contributed by atoms with E-state index in [0.717, 1.165) is 10.0 Å². The Kier molecular flexibility index (Phi) is 4.85. The van der Waals surface area contributed by atoms with Crippen molar-refractivity contribution in [3.63, 3.8) is 0 Å². The lowest BCUT2D eigenvalue weighted by Crippen LogP contribution is -2.10. The summed E-state index contributed by atoms with van der Waals surface area (Å²) in [6.45, 7) is 0.347. The van der Waals surface area contributed by atoms with Crippen molar-refractivity contribution in [1.29, 1.82) is 10.5 Å². The van der Waals surface area contributed by atoms with Gasteiger partial charge < -0.3 is 15.3 Å². The Hall–Kier alpha value is -4.54. The third kappa shape index (κ3) is 3.39. The normalized spacial score (nSPS) is 10.9. The third-order valence-corrected chi connectivity index (χ3v) is 5.71. The molecular weight excluding hydrogens is 484 g/mol. The molecule has 0 unspecified atom stereocenters. The van der Waals surface area contributed by atoms with Gasteiger partial charge in [0.2, 0.25) is 0 Å². The molecule has 0 aliphatic rings. The molecule has 2 aromatic carbocycles. The minimum Gasteiger partial charge on any atom is -0.384 e. The van der Waals surface area contributed by atoms with Crippen LogP contribution in [0.2, 0.25) is 0 Å². The zero-order chi connectivity index (χ0) is 23.1. The summed E-state index contributed by atoms with van der Waals surface area (Å²) in [5.41, 5.74) is 8.33. The van der Waals surface area contributed by atoms with Crippen molar-refractivity contribution < 1.29 is 0 Å². The summed E-state index contributed by atoms with van der Waals surface area (Å²) in [6, 6.07) is 18.6. The van der Waals surface area contributed by atoms with Crippen LogP contribution < -0.4 is 11.3 Å². The number of rotatable bonds is 3. The molecule has 3 N–H and O–H groups in total. The van der Waals surface area contributed by atoms with Gasteiger partial charge in [-0.25, -0.2) is 15.0 Å². The van der Waals surface area contributed by atoms with E-state index in [9.17, 15) is 15.3 Å². The maximum Gasteiger partial charge on any atom is 0.259 e. The maximum absolute atomic E-state index is 12.8. The Bertz CT molecular complexity index is 1710. The number of benzene rings is 2. The number of fused-ring (bicyclic) bond motifs is 2. The van der Waals surface area contributed by atoms with Crippen molar-refractivity contribution >= 4 is 43.8 Å². The van der Waals surface area contributed by atoms with E-state index in [1.54, 1.807) is 22.8 Å². The van der Waals surface area contributed by atoms with Crippen LogP contribution in [0.4, 0.5) is 5.82 Å². The first-order valence-electron chi connectivity index (χ1n) is 9.74. The standard InChI is InChI=1S/C23H13BrN8O/c24-13-6-7-15-14(8-13)23(33)31-21(29-15)18-19-22(30-17(10-26)16(9-25)28-19)32(20(18)27)11-12-4-2-1-3-5-12/h1-8H,11,27H2,(H,29,31,33). The Labute approximate surface area is 194 Å². The number of hydrogen-bond acceptors (Lipinski definition) is 7. The molecule has 9 nitrogen and oxygen atoms in total. The van der Waals surface area contributed by atoms with Crippen LogP contribution in [0.3, 0.4) is 0 Å². The molecule has 0 saturated carbocycles. The van der Waals surface area contributed by atoms with Gasteiger partial charge >= 0.3 is 0 Å². The van der Waals surface area contributed by atoms with Gasteiger partial charge in [-0.1, -0.05) is 46.3 Å². The van der Waals surface area contributed by atoms with Crippen LogP contribution in [0, 0.1) is 22.7 Å². The molecule has 0 atom stereocenters. The highest BCUT2D eigenvalue weighted by atomic mass is 79.9. The number of nitrogen functional groups attached to an aromatic ring is 1. The fourth-order valence-corrected chi connectivity index (χ4v) is 4.06. The van der Waals surface area contributed by atoms with Crippen molar-refractivity contribution in [3.8, 4) is 23.5 Å². The van der Waals surface area contributed by atoms with E-state index >= 15 is 0 Å². The topological polar surface area (TPSA) is 150 Å². The van der Waals surface area contributed by atoms with Gasteiger partial charge in [0.1, 0.15) is 29.3 Å². The number of hydrogen-bond donors (Lipinski definition) is 2. The zero-order valence-corrected chi connectivity index (χ0v) is 18.5. The fraction of sp³-hybridized carbons (Fsp3) is 0.0435. The van der Waals surface area contributed by atoms with E-state index in [1.165, 1.54) is 0 Å². The van der Waals surface area contributed by atoms with Crippen molar-refractivity contribution in [3.05, 3.63) is 80.3 Å². The maximum atomic E-state index is 12.8. The third-order valence-electron chi connectivity index (χ3n) is 5.22. The lowest BCUT2D eigenvalue weighted by molar-refractivity contribution is 0.834. The van der Waals surface area contributed by atoms with Gasteiger partial charge in [0, 0.05) is 4.47 Å².